The maximum atomic E-state index is 12.8. The van der Waals surface area contributed by atoms with Crippen LogP contribution < -0.4 is 5.32 Å². The Morgan fingerprint density at radius 2 is 1.93 bits per heavy atom. The SMILES string of the molecule is O=C(CNc1ccc(SC(F)F)cc1)N1N=C(c2ccco2)C[C@@H]1c1ccco1. The van der Waals surface area contributed by atoms with Gasteiger partial charge in [-0.3, -0.25) is 4.79 Å². The third kappa shape index (κ3) is 4.51. The number of anilines is 1. The van der Waals surface area contributed by atoms with E-state index < -0.39 is 5.76 Å². The van der Waals surface area contributed by atoms with Crippen molar-refractivity contribution in [3.63, 3.8) is 0 Å². The zero-order valence-corrected chi connectivity index (χ0v) is 15.9. The molecule has 1 aliphatic rings. The molecule has 29 heavy (non-hydrogen) atoms. The van der Waals surface area contributed by atoms with E-state index in [0.29, 0.717) is 46.0 Å². The molecule has 0 fully saturated rings. The number of rotatable bonds is 7. The van der Waals surface area contributed by atoms with Crippen molar-refractivity contribution >= 4 is 29.1 Å². The molecule has 1 aliphatic heterocycles. The maximum absolute atomic E-state index is 12.8. The Hall–Kier alpha value is -3.07. The Balaban J connectivity index is 1.45. The van der Waals surface area contributed by atoms with Crippen molar-refractivity contribution in [2.45, 2.75) is 23.1 Å². The minimum atomic E-state index is -2.47. The normalized spacial score (nSPS) is 16.3. The number of carbonyl (C=O) groups excluding carboxylic acids is 1. The number of nitrogens with zero attached hydrogens (tertiary/aromatic N) is 2. The molecular weight excluding hydrogens is 400 g/mol. The van der Waals surface area contributed by atoms with Gasteiger partial charge >= 0.3 is 0 Å². The van der Waals surface area contributed by atoms with Crippen LogP contribution in [0.3, 0.4) is 0 Å². The standard InChI is InChI=1S/C20H17F2N3O3S/c21-20(22)29-14-7-5-13(6-8-14)23-12-19(26)25-16(18-4-2-10-28-18)11-15(24-25)17-3-1-9-27-17/h1-10,16,20,23H,11-12H2/t16-/m1/s1. The number of hydrogen-bond donors (Lipinski definition) is 1. The Morgan fingerprint density at radius 1 is 1.17 bits per heavy atom. The second kappa shape index (κ2) is 8.52. The summed E-state index contributed by atoms with van der Waals surface area (Å²) in [7, 11) is 0. The first kappa shape index (κ1) is 19.3. The van der Waals surface area contributed by atoms with Crippen LogP contribution in [0.4, 0.5) is 14.5 Å². The van der Waals surface area contributed by atoms with E-state index in [9.17, 15) is 13.6 Å². The first-order valence-electron chi connectivity index (χ1n) is 8.86. The fourth-order valence-corrected chi connectivity index (χ4v) is 3.55. The number of benzene rings is 1. The van der Waals surface area contributed by atoms with Gasteiger partial charge in [-0.15, -0.1) is 0 Å². The lowest BCUT2D eigenvalue weighted by Crippen LogP contribution is -2.32. The highest BCUT2D eigenvalue weighted by Crippen LogP contribution is 2.33. The molecule has 0 saturated heterocycles. The predicted octanol–water partition coefficient (Wildman–Crippen LogP) is 4.98. The number of nitrogens with one attached hydrogen (secondary N) is 1. The van der Waals surface area contributed by atoms with Gasteiger partial charge in [-0.2, -0.15) is 13.9 Å². The van der Waals surface area contributed by atoms with E-state index in [1.54, 1.807) is 61.1 Å². The van der Waals surface area contributed by atoms with Gasteiger partial charge in [-0.25, -0.2) is 5.01 Å². The molecule has 9 heteroatoms. The molecule has 0 unspecified atom stereocenters. The molecule has 2 aromatic heterocycles. The van der Waals surface area contributed by atoms with Crippen LogP contribution in [-0.2, 0) is 4.79 Å². The largest absolute Gasteiger partial charge is 0.467 e. The van der Waals surface area contributed by atoms with Crippen LogP contribution in [0.25, 0.3) is 0 Å². The van der Waals surface area contributed by atoms with Crippen LogP contribution in [0.5, 0.6) is 0 Å². The van der Waals surface area contributed by atoms with Gasteiger partial charge in [-0.1, -0.05) is 11.8 Å². The Morgan fingerprint density at radius 3 is 2.59 bits per heavy atom. The molecule has 150 valence electrons. The molecule has 6 nitrogen and oxygen atoms in total. The molecule has 3 heterocycles. The highest BCUT2D eigenvalue weighted by molar-refractivity contribution is 7.99. The van der Waals surface area contributed by atoms with Gasteiger partial charge in [0.1, 0.15) is 23.3 Å². The number of amides is 1. The molecule has 4 rings (SSSR count). The molecule has 0 saturated carbocycles. The van der Waals surface area contributed by atoms with Crippen LogP contribution in [0.1, 0.15) is 24.0 Å². The van der Waals surface area contributed by atoms with Crippen molar-refractivity contribution in [3.8, 4) is 0 Å². The van der Waals surface area contributed by atoms with Crippen molar-refractivity contribution in [2.24, 2.45) is 5.10 Å². The summed E-state index contributed by atoms with van der Waals surface area (Å²) >= 11 is 0.476. The van der Waals surface area contributed by atoms with E-state index in [-0.39, 0.29) is 18.5 Å². The Bertz CT molecular complexity index is 973. The highest BCUT2D eigenvalue weighted by Gasteiger charge is 2.35. The summed E-state index contributed by atoms with van der Waals surface area (Å²) in [4.78, 5) is 13.3. The first-order valence-corrected chi connectivity index (χ1v) is 9.73. The number of halogens is 2. The summed E-state index contributed by atoms with van der Waals surface area (Å²) < 4.78 is 35.7. The number of carbonyl (C=O) groups is 1. The van der Waals surface area contributed by atoms with E-state index in [4.69, 9.17) is 8.83 Å². The van der Waals surface area contributed by atoms with Crippen LogP contribution in [0, 0.1) is 0 Å². The average Bonchev–Trinajstić information content (AvgIpc) is 3.47. The lowest BCUT2D eigenvalue weighted by Gasteiger charge is -2.20. The summed E-state index contributed by atoms with van der Waals surface area (Å²) in [5, 5.41) is 8.85. The molecule has 1 amide bonds. The second-order valence-corrected chi connectivity index (χ2v) is 7.32. The van der Waals surface area contributed by atoms with Crippen molar-refractivity contribution < 1.29 is 22.4 Å². The van der Waals surface area contributed by atoms with E-state index in [1.807, 2.05) is 0 Å². The van der Waals surface area contributed by atoms with Gasteiger partial charge < -0.3 is 14.2 Å². The molecule has 0 radical (unpaired) electrons. The molecule has 1 aromatic carbocycles. The first-order chi connectivity index (χ1) is 14.1. The lowest BCUT2D eigenvalue weighted by atomic mass is 10.1. The number of alkyl halides is 2. The summed E-state index contributed by atoms with van der Waals surface area (Å²) in [5.74, 6) is -1.47. The molecule has 1 N–H and O–H groups in total. The average molecular weight is 417 g/mol. The zero-order chi connectivity index (χ0) is 20.2. The quantitative estimate of drug-likeness (QED) is 0.549. The van der Waals surface area contributed by atoms with Crippen molar-refractivity contribution in [3.05, 3.63) is 72.6 Å². The Labute approximate surface area is 169 Å². The van der Waals surface area contributed by atoms with Crippen LogP contribution in [0.2, 0.25) is 0 Å². The van der Waals surface area contributed by atoms with Crippen LogP contribution >= 0.6 is 11.8 Å². The topological polar surface area (TPSA) is 71.0 Å². The van der Waals surface area contributed by atoms with Gasteiger partial charge in [0.25, 0.3) is 11.7 Å². The summed E-state index contributed by atoms with van der Waals surface area (Å²) in [6, 6.07) is 13.2. The fourth-order valence-electron chi connectivity index (χ4n) is 3.05. The van der Waals surface area contributed by atoms with Gasteiger partial charge in [0.05, 0.1) is 19.1 Å². The zero-order valence-electron chi connectivity index (χ0n) is 15.1. The minimum absolute atomic E-state index is 0.00647. The summed E-state index contributed by atoms with van der Waals surface area (Å²) in [6.07, 6.45) is 3.59. The molecule has 0 spiro atoms. The van der Waals surface area contributed by atoms with Crippen LogP contribution in [0.15, 0.2) is 79.9 Å². The van der Waals surface area contributed by atoms with Gasteiger partial charge in [0.2, 0.25) is 0 Å². The van der Waals surface area contributed by atoms with Gasteiger partial charge in [0, 0.05) is 17.0 Å². The van der Waals surface area contributed by atoms with Crippen molar-refractivity contribution in [1.29, 1.82) is 0 Å². The summed E-state index contributed by atoms with van der Waals surface area (Å²) in [6.45, 7) is -0.00647. The number of hydrogen-bond acceptors (Lipinski definition) is 6. The number of thioether (sulfide) groups is 1. The van der Waals surface area contributed by atoms with Gasteiger partial charge in [-0.05, 0) is 48.5 Å². The monoisotopic (exact) mass is 417 g/mol. The molecular formula is C20H17F2N3O3S. The molecule has 0 bridgehead atoms. The van der Waals surface area contributed by atoms with E-state index in [0.717, 1.165) is 0 Å². The molecule has 1 atom stereocenters. The van der Waals surface area contributed by atoms with Crippen molar-refractivity contribution in [1.82, 2.24) is 5.01 Å². The number of hydrazone groups is 1. The van der Waals surface area contributed by atoms with Crippen LogP contribution in [-0.4, -0.2) is 28.9 Å². The van der Waals surface area contributed by atoms with Gasteiger partial charge in [0.15, 0.2) is 0 Å². The fraction of sp³-hybridized carbons (Fsp3) is 0.200. The third-order valence-corrected chi connectivity index (χ3v) is 5.09. The third-order valence-electron chi connectivity index (χ3n) is 4.37. The van der Waals surface area contributed by atoms with E-state index >= 15 is 0 Å². The number of furan rings is 2. The smallest absolute Gasteiger partial charge is 0.288 e. The lowest BCUT2D eigenvalue weighted by molar-refractivity contribution is -0.131. The van der Waals surface area contributed by atoms with E-state index in [1.165, 1.54) is 5.01 Å². The Kier molecular flexibility index (Phi) is 5.66. The highest BCUT2D eigenvalue weighted by atomic mass is 32.2. The predicted molar refractivity (Wildman–Crippen MR) is 105 cm³/mol. The molecule has 3 aromatic rings. The molecule has 0 aliphatic carbocycles. The second-order valence-electron chi connectivity index (χ2n) is 6.25. The van der Waals surface area contributed by atoms with Crippen molar-refractivity contribution in [2.75, 3.05) is 11.9 Å². The minimum Gasteiger partial charge on any atom is -0.467 e. The maximum Gasteiger partial charge on any atom is 0.288 e. The summed E-state index contributed by atoms with van der Waals surface area (Å²) in [5.41, 5.74) is 1.32. The van der Waals surface area contributed by atoms with E-state index in [2.05, 4.69) is 10.4 Å².